The fourth-order valence-corrected chi connectivity index (χ4v) is 3.12. The number of halogens is 1. The van der Waals surface area contributed by atoms with Gasteiger partial charge in [-0.05, 0) is 29.8 Å². The van der Waals surface area contributed by atoms with Gasteiger partial charge in [-0.2, -0.15) is 0 Å². The number of carbonyl (C=O) groups excluding carboxylic acids is 1. The van der Waals surface area contributed by atoms with Crippen molar-refractivity contribution in [1.29, 1.82) is 0 Å². The van der Waals surface area contributed by atoms with Crippen LogP contribution in [0, 0.1) is 5.82 Å². The molecule has 164 valence electrons. The van der Waals surface area contributed by atoms with Gasteiger partial charge in [-0.3, -0.25) is 14.2 Å². The molecule has 2 aromatic carbocycles. The molecule has 0 radical (unpaired) electrons. The third kappa shape index (κ3) is 4.26. The van der Waals surface area contributed by atoms with Crippen LogP contribution in [0.15, 0.2) is 53.6 Å². The summed E-state index contributed by atoms with van der Waals surface area (Å²) in [5.74, 6) is 0.205. The van der Waals surface area contributed by atoms with Gasteiger partial charge < -0.3 is 14.8 Å². The number of rotatable bonds is 7. The summed E-state index contributed by atoms with van der Waals surface area (Å²) >= 11 is 0. The van der Waals surface area contributed by atoms with Gasteiger partial charge in [0.15, 0.2) is 11.2 Å². The Labute approximate surface area is 181 Å². The van der Waals surface area contributed by atoms with Gasteiger partial charge >= 0.3 is 0 Å². The average molecular weight is 438 g/mol. The number of hydrogen-bond acceptors (Lipinski definition) is 7. The zero-order chi connectivity index (χ0) is 22.7. The number of anilines is 1. The second-order valence-electron chi connectivity index (χ2n) is 6.84. The monoisotopic (exact) mass is 438 g/mol. The van der Waals surface area contributed by atoms with Gasteiger partial charge in [-0.1, -0.05) is 17.3 Å². The van der Waals surface area contributed by atoms with Gasteiger partial charge in [0.05, 0.1) is 26.5 Å². The van der Waals surface area contributed by atoms with E-state index in [9.17, 15) is 14.0 Å². The molecule has 1 N–H and O–H groups in total. The van der Waals surface area contributed by atoms with Crippen LogP contribution in [-0.2, 0) is 17.9 Å². The molecule has 2 heterocycles. The molecule has 0 fully saturated rings. The fraction of sp³-hybridized carbons (Fsp3) is 0.190. The molecule has 10 nitrogen and oxygen atoms in total. The molecular formula is C21H19FN6O4. The fourth-order valence-electron chi connectivity index (χ4n) is 3.12. The normalized spacial score (nSPS) is 10.8. The number of benzene rings is 2. The summed E-state index contributed by atoms with van der Waals surface area (Å²) in [5, 5.41) is 10.6. The molecular weight excluding hydrogens is 419 g/mol. The summed E-state index contributed by atoms with van der Waals surface area (Å²) in [6, 6.07) is 10.9. The summed E-state index contributed by atoms with van der Waals surface area (Å²) in [6.07, 6.45) is 1.26. The summed E-state index contributed by atoms with van der Waals surface area (Å²) in [4.78, 5) is 29.5. The molecule has 0 saturated carbocycles. The Bertz CT molecular complexity index is 1330. The summed E-state index contributed by atoms with van der Waals surface area (Å²) in [6.45, 7) is -0.00718. The molecule has 0 aliphatic rings. The number of hydrogen-bond donors (Lipinski definition) is 1. The second-order valence-corrected chi connectivity index (χ2v) is 6.84. The lowest BCUT2D eigenvalue weighted by Crippen LogP contribution is -2.28. The predicted molar refractivity (Wildman–Crippen MR) is 113 cm³/mol. The first-order chi connectivity index (χ1) is 15.5. The van der Waals surface area contributed by atoms with E-state index in [4.69, 9.17) is 9.47 Å². The molecule has 0 saturated heterocycles. The highest BCUT2D eigenvalue weighted by molar-refractivity contribution is 5.92. The highest BCUT2D eigenvalue weighted by Gasteiger charge is 2.15. The first kappa shape index (κ1) is 21.0. The van der Waals surface area contributed by atoms with Crippen LogP contribution in [0.25, 0.3) is 11.2 Å². The third-order valence-electron chi connectivity index (χ3n) is 4.73. The number of ether oxygens (including phenoxy) is 2. The quantitative estimate of drug-likeness (QED) is 0.468. The molecule has 0 unspecified atom stereocenters. The van der Waals surface area contributed by atoms with E-state index in [0.29, 0.717) is 17.2 Å². The van der Waals surface area contributed by atoms with Gasteiger partial charge in [-0.25, -0.2) is 14.1 Å². The molecule has 0 spiro atoms. The van der Waals surface area contributed by atoms with Crippen molar-refractivity contribution in [3.8, 4) is 11.5 Å². The van der Waals surface area contributed by atoms with Crippen LogP contribution >= 0.6 is 0 Å². The Balaban J connectivity index is 1.53. The summed E-state index contributed by atoms with van der Waals surface area (Å²) in [5.41, 5.74) is 1.01. The van der Waals surface area contributed by atoms with E-state index in [1.807, 2.05) is 0 Å². The molecule has 4 aromatic rings. The maximum Gasteiger partial charge on any atom is 0.283 e. The van der Waals surface area contributed by atoms with E-state index in [1.54, 1.807) is 30.3 Å². The van der Waals surface area contributed by atoms with Crippen LogP contribution in [0.2, 0.25) is 0 Å². The van der Waals surface area contributed by atoms with Crippen molar-refractivity contribution in [3.05, 3.63) is 70.5 Å². The molecule has 2 aromatic heterocycles. The van der Waals surface area contributed by atoms with E-state index in [0.717, 1.165) is 10.1 Å². The Kier molecular flexibility index (Phi) is 5.79. The van der Waals surface area contributed by atoms with Crippen LogP contribution in [0.4, 0.5) is 10.1 Å². The van der Waals surface area contributed by atoms with Crippen LogP contribution in [-0.4, -0.2) is 44.7 Å². The van der Waals surface area contributed by atoms with Crippen molar-refractivity contribution < 1.29 is 18.7 Å². The SMILES string of the molecule is COc1ccc(NC(=O)Cn2cnc3c(nnn3Cc3ccc(F)cc3)c2=O)c(OC)c1. The Morgan fingerprint density at radius 1 is 1.12 bits per heavy atom. The van der Waals surface area contributed by atoms with Crippen molar-refractivity contribution in [2.45, 2.75) is 13.1 Å². The van der Waals surface area contributed by atoms with Crippen molar-refractivity contribution >= 4 is 22.8 Å². The van der Waals surface area contributed by atoms with Gasteiger partial charge in [0.25, 0.3) is 5.56 Å². The van der Waals surface area contributed by atoms with Gasteiger partial charge in [-0.15, -0.1) is 5.10 Å². The first-order valence-electron chi connectivity index (χ1n) is 9.53. The largest absolute Gasteiger partial charge is 0.497 e. The summed E-state index contributed by atoms with van der Waals surface area (Å²) in [7, 11) is 3.00. The second kappa shape index (κ2) is 8.84. The van der Waals surface area contributed by atoms with Crippen molar-refractivity contribution in [2.75, 3.05) is 19.5 Å². The number of amides is 1. The lowest BCUT2D eigenvalue weighted by atomic mass is 10.2. The van der Waals surface area contributed by atoms with E-state index >= 15 is 0 Å². The molecule has 0 bridgehead atoms. The molecule has 0 atom stereocenters. The number of methoxy groups -OCH3 is 2. The van der Waals surface area contributed by atoms with Crippen LogP contribution in [0.5, 0.6) is 11.5 Å². The summed E-state index contributed by atoms with van der Waals surface area (Å²) < 4.78 is 26.1. The zero-order valence-corrected chi connectivity index (χ0v) is 17.3. The molecule has 0 aliphatic carbocycles. The van der Waals surface area contributed by atoms with Crippen LogP contribution in [0.1, 0.15) is 5.56 Å². The van der Waals surface area contributed by atoms with E-state index in [-0.39, 0.29) is 30.1 Å². The van der Waals surface area contributed by atoms with Gasteiger partial charge in [0.2, 0.25) is 5.91 Å². The molecule has 32 heavy (non-hydrogen) atoms. The molecule has 11 heteroatoms. The zero-order valence-electron chi connectivity index (χ0n) is 17.3. The number of fused-ring (bicyclic) bond motifs is 1. The van der Waals surface area contributed by atoms with E-state index in [2.05, 4.69) is 20.6 Å². The Hall–Kier alpha value is -4.28. The minimum absolute atomic E-state index is 0.0319. The van der Waals surface area contributed by atoms with Crippen molar-refractivity contribution in [2.24, 2.45) is 0 Å². The third-order valence-corrected chi connectivity index (χ3v) is 4.73. The minimum atomic E-state index is -0.503. The average Bonchev–Trinajstić information content (AvgIpc) is 3.21. The molecule has 0 aliphatic heterocycles. The van der Waals surface area contributed by atoms with Crippen LogP contribution in [0.3, 0.4) is 0 Å². The van der Waals surface area contributed by atoms with Crippen LogP contribution < -0.4 is 20.3 Å². The lowest BCUT2D eigenvalue weighted by molar-refractivity contribution is -0.116. The maximum absolute atomic E-state index is 13.1. The predicted octanol–water partition coefficient (Wildman–Crippen LogP) is 1.83. The standard InChI is InChI=1S/C21H19FN6O4/c1-31-15-7-8-16(17(9-15)32-2)24-18(29)11-27-12-23-20-19(21(27)30)25-26-28(20)10-13-3-5-14(22)6-4-13/h3-9,12H,10-11H2,1-2H3,(H,24,29). The number of nitrogens with one attached hydrogen (secondary N) is 1. The highest BCUT2D eigenvalue weighted by Crippen LogP contribution is 2.28. The number of nitrogens with zero attached hydrogens (tertiary/aromatic N) is 5. The van der Waals surface area contributed by atoms with Crippen molar-refractivity contribution in [1.82, 2.24) is 24.5 Å². The first-order valence-corrected chi connectivity index (χ1v) is 9.53. The molecule has 4 rings (SSSR count). The van der Waals surface area contributed by atoms with E-state index < -0.39 is 11.5 Å². The Morgan fingerprint density at radius 2 is 1.91 bits per heavy atom. The minimum Gasteiger partial charge on any atom is -0.497 e. The van der Waals surface area contributed by atoms with Crippen molar-refractivity contribution in [3.63, 3.8) is 0 Å². The number of carbonyl (C=O) groups is 1. The van der Waals surface area contributed by atoms with Gasteiger partial charge in [0, 0.05) is 6.07 Å². The number of aromatic nitrogens is 5. The molecule has 1 amide bonds. The Morgan fingerprint density at radius 3 is 2.62 bits per heavy atom. The van der Waals surface area contributed by atoms with Gasteiger partial charge in [0.1, 0.15) is 30.2 Å². The smallest absolute Gasteiger partial charge is 0.283 e. The highest BCUT2D eigenvalue weighted by atomic mass is 19.1. The van der Waals surface area contributed by atoms with E-state index in [1.165, 1.54) is 37.4 Å². The maximum atomic E-state index is 13.1. The lowest BCUT2D eigenvalue weighted by Gasteiger charge is -2.12. The topological polar surface area (TPSA) is 113 Å².